The summed E-state index contributed by atoms with van der Waals surface area (Å²) in [6.07, 6.45) is 5.20. The molecule has 0 saturated carbocycles. The standard InChI is InChI=1S/C18H18N4O/c23-18(14-5-9-19-10-6-14)22-11-7-13(8-12-22)17-20-15-3-1-2-4-16(15)21-17/h1-6,9-10,13H,7-8,11-12H2,(H,20,21). The van der Waals surface area contributed by atoms with E-state index in [4.69, 9.17) is 4.98 Å². The number of aromatic nitrogens is 3. The van der Waals surface area contributed by atoms with Crippen LogP contribution >= 0.6 is 0 Å². The summed E-state index contributed by atoms with van der Waals surface area (Å²) >= 11 is 0. The third-order valence-electron chi connectivity index (χ3n) is 4.50. The second-order valence-electron chi connectivity index (χ2n) is 5.94. The Hall–Kier alpha value is -2.69. The van der Waals surface area contributed by atoms with Crippen LogP contribution in [0.4, 0.5) is 0 Å². The third kappa shape index (κ3) is 2.70. The summed E-state index contributed by atoms with van der Waals surface area (Å²) < 4.78 is 0. The van der Waals surface area contributed by atoms with Crippen LogP contribution < -0.4 is 0 Å². The number of rotatable bonds is 2. The normalized spacial score (nSPS) is 15.9. The average molecular weight is 306 g/mol. The predicted molar refractivity (Wildman–Crippen MR) is 88.2 cm³/mol. The first-order valence-electron chi connectivity index (χ1n) is 7.95. The highest BCUT2D eigenvalue weighted by atomic mass is 16.2. The molecule has 4 rings (SSSR count). The Labute approximate surface area is 134 Å². The molecule has 0 aliphatic carbocycles. The Morgan fingerprint density at radius 2 is 1.83 bits per heavy atom. The predicted octanol–water partition coefficient (Wildman–Crippen LogP) is 2.98. The molecule has 1 saturated heterocycles. The highest BCUT2D eigenvalue weighted by Gasteiger charge is 2.26. The zero-order valence-corrected chi connectivity index (χ0v) is 12.8. The van der Waals surface area contributed by atoms with Crippen LogP contribution in [0.25, 0.3) is 11.0 Å². The van der Waals surface area contributed by atoms with E-state index in [9.17, 15) is 4.79 Å². The molecule has 1 aliphatic rings. The molecule has 1 fully saturated rings. The van der Waals surface area contributed by atoms with E-state index < -0.39 is 0 Å². The smallest absolute Gasteiger partial charge is 0.253 e. The number of carbonyl (C=O) groups is 1. The molecule has 116 valence electrons. The molecule has 0 unspecified atom stereocenters. The van der Waals surface area contributed by atoms with Gasteiger partial charge in [0, 0.05) is 37.0 Å². The molecule has 3 aromatic rings. The number of fused-ring (bicyclic) bond motifs is 1. The molecule has 0 spiro atoms. The van der Waals surface area contributed by atoms with Crippen LogP contribution in [0.2, 0.25) is 0 Å². The third-order valence-corrected chi connectivity index (χ3v) is 4.50. The number of para-hydroxylation sites is 2. The largest absolute Gasteiger partial charge is 0.342 e. The lowest BCUT2D eigenvalue weighted by Crippen LogP contribution is -2.38. The molecule has 3 heterocycles. The molecule has 1 N–H and O–H groups in total. The minimum atomic E-state index is 0.0930. The Bertz CT molecular complexity index is 786. The van der Waals surface area contributed by atoms with Crippen LogP contribution in [0, 0.1) is 0 Å². The van der Waals surface area contributed by atoms with E-state index in [0.717, 1.165) is 42.8 Å². The van der Waals surface area contributed by atoms with Crippen molar-refractivity contribution in [2.45, 2.75) is 18.8 Å². The number of likely N-dealkylation sites (tertiary alicyclic amines) is 1. The maximum atomic E-state index is 12.5. The quantitative estimate of drug-likeness (QED) is 0.791. The molecule has 5 heteroatoms. The summed E-state index contributed by atoms with van der Waals surface area (Å²) in [4.78, 5) is 26.5. The summed E-state index contributed by atoms with van der Waals surface area (Å²) in [6, 6.07) is 11.6. The van der Waals surface area contributed by atoms with E-state index in [2.05, 4.69) is 9.97 Å². The van der Waals surface area contributed by atoms with Gasteiger partial charge in [-0.25, -0.2) is 4.98 Å². The van der Waals surface area contributed by atoms with Gasteiger partial charge in [0.2, 0.25) is 0 Å². The first-order chi connectivity index (χ1) is 11.3. The van der Waals surface area contributed by atoms with Crippen molar-refractivity contribution < 1.29 is 4.79 Å². The molecule has 1 aromatic carbocycles. The van der Waals surface area contributed by atoms with Gasteiger partial charge in [-0.05, 0) is 37.1 Å². The molecule has 2 aromatic heterocycles. The lowest BCUT2D eigenvalue weighted by molar-refractivity contribution is 0.0711. The van der Waals surface area contributed by atoms with Crippen molar-refractivity contribution in [1.82, 2.24) is 19.9 Å². The molecule has 1 aliphatic heterocycles. The lowest BCUT2D eigenvalue weighted by Gasteiger charge is -2.31. The van der Waals surface area contributed by atoms with Gasteiger partial charge in [-0.15, -0.1) is 0 Å². The van der Waals surface area contributed by atoms with E-state index in [1.807, 2.05) is 29.2 Å². The number of hydrogen-bond acceptors (Lipinski definition) is 3. The van der Waals surface area contributed by atoms with Crippen molar-refractivity contribution in [1.29, 1.82) is 0 Å². The minimum absolute atomic E-state index is 0.0930. The zero-order chi connectivity index (χ0) is 15.6. The second kappa shape index (κ2) is 5.83. The van der Waals surface area contributed by atoms with Crippen molar-refractivity contribution >= 4 is 16.9 Å². The van der Waals surface area contributed by atoms with Crippen LogP contribution in [0.5, 0.6) is 0 Å². The molecule has 23 heavy (non-hydrogen) atoms. The highest BCUT2D eigenvalue weighted by molar-refractivity contribution is 5.94. The van der Waals surface area contributed by atoms with Crippen molar-refractivity contribution in [3.8, 4) is 0 Å². The molecule has 5 nitrogen and oxygen atoms in total. The number of imidazole rings is 1. The summed E-state index contributed by atoms with van der Waals surface area (Å²) in [5.74, 6) is 1.53. The number of nitrogens with zero attached hydrogens (tertiary/aromatic N) is 3. The van der Waals surface area contributed by atoms with E-state index in [0.29, 0.717) is 11.5 Å². The molecule has 0 atom stereocenters. The Morgan fingerprint density at radius 3 is 2.57 bits per heavy atom. The van der Waals surface area contributed by atoms with Gasteiger partial charge < -0.3 is 9.88 Å². The maximum Gasteiger partial charge on any atom is 0.253 e. The summed E-state index contributed by atoms with van der Waals surface area (Å²) in [7, 11) is 0. The average Bonchev–Trinajstić information content (AvgIpc) is 3.06. The van der Waals surface area contributed by atoms with E-state index in [1.54, 1.807) is 24.5 Å². The van der Waals surface area contributed by atoms with Gasteiger partial charge in [0.05, 0.1) is 11.0 Å². The van der Waals surface area contributed by atoms with Crippen LogP contribution in [0.15, 0.2) is 48.8 Å². The summed E-state index contributed by atoms with van der Waals surface area (Å²) in [5, 5.41) is 0. The van der Waals surface area contributed by atoms with E-state index in [1.165, 1.54) is 0 Å². The van der Waals surface area contributed by atoms with Gasteiger partial charge in [0.25, 0.3) is 5.91 Å². The number of aromatic amines is 1. The van der Waals surface area contributed by atoms with Gasteiger partial charge >= 0.3 is 0 Å². The fourth-order valence-electron chi connectivity index (χ4n) is 3.20. The molecular formula is C18H18N4O. The summed E-state index contributed by atoms with van der Waals surface area (Å²) in [5.41, 5.74) is 2.80. The first-order valence-corrected chi connectivity index (χ1v) is 7.95. The topological polar surface area (TPSA) is 61.9 Å². The van der Waals surface area contributed by atoms with E-state index in [-0.39, 0.29) is 5.91 Å². The molecule has 0 radical (unpaired) electrons. The number of hydrogen-bond donors (Lipinski definition) is 1. The number of benzene rings is 1. The zero-order valence-electron chi connectivity index (χ0n) is 12.8. The van der Waals surface area contributed by atoms with Gasteiger partial charge in [-0.2, -0.15) is 0 Å². The minimum Gasteiger partial charge on any atom is -0.342 e. The number of nitrogens with one attached hydrogen (secondary N) is 1. The van der Waals surface area contributed by atoms with Crippen LogP contribution in [-0.4, -0.2) is 38.8 Å². The van der Waals surface area contributed by atoms with E-state index >= 15 is 0 Å². The Kier molecular flexibility index (Phi) is 3.54. The SMILES string of the molecule is O=C(c1ccncc1)N1CCC(c2nc3ccccc3[nH]2)CC1. The Morgan fingerprint density at radius 1 is 1.09 bits per heavy atom. The van der Waals surface area contributed by atoms with Crippen LogP contribution in [0.3, 0.4) is 0 Å². The second-order valence-corrected chi connectivity index (χ2v) is 5.94. The molecular weight excluding hydrogens is 288 g/mol. The highest BCUT2D eigenvalue weighted by Crippen LogP contribution is 2.28. The van der Waals surface area contributed by atoms with Gasteiger partial charge in [-0.1, -0.05) is 12.1 Å². The lowest BCUT2D eigenvalue weighted by atomic mass is 9.95. The summed E-state index contributed by atoms with van der Waals surface area (Å²) in [6.45, 7) is 1.53. The fourth-order valence-corrected chi connectivity index (χ4v) is 3.20. The van der Waals surface area contributed by atoms with Gasteiger partial charge in [0.1, 0.15) is 5.82 Å². The van der Waals surface area contributed by atoms with Gasteiger partial charge in [-0.3, -0.25) is 9.78 Å². The number of amides is 1. The fraction of sp³-hybridized carbons (Fsp3) is 0.278. The monoisotopic (exact) mass is 306 g/mol. The van der Waals surface area contributed by atoms with Crippen molar-refractivity contribution in [3.63, 3.8) is 0 Å². The number of pyridine rings is 1. The van der Waals surface area contributed by atoms with Crippen LogP contribution in [-0.2, 0) is 0 Å². The molecule has 0 bridgehead atoms. The van der Waals surface area contributed by atoms with Crippen molar-refractivity contribution in [3.05, 3.63) is 60.2 Å². The van der Waals surface area contributed by atoms with Crippen LogP contribution in [0.1, 0.15) is 34.9 Å². The number of carbonyl (C=O) groups excluding carboxylic acids is 1. The molecule has 1 amide bonds. The number of piperidine rings is 1. The Balaban J connectivity index is 1.45. The number of H-pyrrole nitrogens is 1. The maximum absolute atomic E-state index is 12.5. The van der Waals surface area contributed by atoms with Crippen molar-refractivity contribution in [2.75, 3.05) is 13.1 Å². The first kappa shape index (κ1) is 13.9. The van der Waals surface area contributed by atoms with Gasteiger partial charge in [0.15, 0.2) is 0 Å². The van der Waals surface area contributed by atoms with Crippen molar-refractivity contribution in [2.24, 2.45) is 0 Å².